The van der Waals surface area contributed by atoms with Crippen LogP contribution in [0.25, 0.3) is 11.1 Å². The van der Waals surface area contributed by atoms with Crippen LogP contribution in [0.5, 0.6) is 11.5 Å². The summed E-state index contributed by atoms with van der Waals surface area (Å²) in [5.74, 6) is -0.426. The maximum absolute atomic E-state index is 14.0. The SMILES string of the molecule is COc1c(O)cc(F)c(-c2cnn(C)c2N)c1Br. The van der Waals surface area contributed by atoms with E-state index in [1.54, 1.807) is 7.05 Å². The zero-order valence-corrected chi connectivity index (χ0v) is 11.3. The van der Waals surface area contributed by atoms with Crippen molar-refractivity contribution in [3.63, 3.8) is 0 Å². The molecule has 18 heavy (non-hydrogen) atoms. The van der Waals surface area contributed by atoms with Gasteiger partial charge in [-0.1, -0.05) is 0 Å². The van der Waals surface area contributed by atoms with Crippen LogP contribution in [-0.2, 0) is 7.05 Å². The molecule has 1 aromatic heterocycles. The van der Waals surface area contributed by atoms with Crippen molar-refractivity contribution in [2.45, 2.75) is 0 Å². The Kier molecular flexibility index (Phi) is 3.16. The quantitative estimate of drug-likeness (QED) is 0.891. The molecule has 0 aliphatic heterocycles. The number of anilines is 1. The van der Waals surface area contributed by atoms with E-state index in [-0.39, 0.29) is 17.1 Å². The normalized spacial score (nSPS) is 10.7. The van der Waals surface area contributed by atoms with Gasteiger partial charge in [0.25, 0.3) is 0 Å². The molecule has 3 N–H and O–H groups in total. The minimum absolute atomic E-state index is 0.148. The van der Waals surface area contributed by atoms with Gasteiger partial charge in [0.2, 0.25) is 0 Å². The van der Waals surface area contributed by atoms with Gasteiger partial charge in [0, 0.05) is 24.2 Å². The van der Waals surface area contributed by atoms with Gasteiger partial charge in [0.1, 0.15) is 11.6 Å². The largest absolute Gasteiger partial charge is 0.504 e. The molecule has 2 rings (SSSR count). The number of nitrogen functional groups attached to an aromatic ring is 1. The standard InChI is InChI=1S/C11H11BrFN3O2/c1-16-11(14)5(4-15-16)8-6(13)3-7(17)10(18-2)9(8)12/h3-4,17H,14H2,1-2H3. The molecular formula is C11H11BrFN3O2. The number of aromatic hydroxyl groups is 1. The van der Waals surface area contributed by atoms with Gasteiger partial charge < -0.3 is 15.6 Å². The van der Waals surface area contributed by atoms with Gasteiger partial charge in [0.15, 0.2) is 11.5 Å². The van der Waals surface area contributed by atoms with Gasteiger partial charge in [-0.25, -0.2) is 4.39 Å². The number of hydrogen-bond donors (Lipinski definition) is 2. The second-order valence-electron chi connectivity index (χ2n) is 3.67. The zero-order chi connectivity index (χ0) is 13.4. The number of nitrogens with zero attached hydrogens (tertiary/aromatic N) is 2. The molecule has 0 amide bonds. The molecule has 0 aliphatic rings. The molecule has 0 atom stereocenters. The van der Waals surface area contributed by atoms with Crippen molar-refractivity contribution >= 4 is 21.7 Å². The lowest BCUT2D eigenvalue weighted by Crippen LogP contribution is -1.99. The average Bonchev–Trinajstić information content (AvgIpc) is 2.61. The van der Waals surface area contributed by atoms with Crippen LogP contribution in [0.15, 0.2) is 16.7 Å². The van der Waals surface area contributed by atoms with E-state index in [0.717, 1.165) is 6.07 Å². The van der Waals surface area contributed by atoms with Crippen LogP contribution in [0.4, 0.5) is 10.2 Å². The van der Waals surface area contributed by atoms with Gasteiger partial charge in [-0.3, -0.25) is 4.68 Å². The Balaban J connectivity index is 2.75. The molecule has 5 nitrogen and oxygen atoms in total. The van der Waals surface area contributed by atoms with E-state index < -0.39 is 5.82 Å². The average molecular weight is 316 g/mol. The van der Waals surface area contributed by atoms with Crippen LogP contribution in [0, 0.1) is 5.82 Å². The highest BCUT2D eigenvalue weighted by Crippen LogP contribution is 2.44. The van der Waals surface area contributed by atoms with E-state index in [0.29, 0.717) is 15.9 Å². The van der Waals surface area contributed by atoms with Gasteiger partial charge in [-0.15, -0.1) is 0 Å². The van der Waals surface area contributed by atoms with Crippen LogP contribution < -0.4 is 10.5 Å². The summed E-state index contributed by atoms with van der Waals surface area (Å²) in [7, 11) is 3.04. The van der Waals surface area contributed by atoms with Crippen molar-refractivity contribution in [1.29, 1.82) is 0 Å². The lowest BCUT2D eigenvalue weighted by molar-refractivity contribution is 0.369. The first kappa shape index (κ1) is 12.7. The van der Waals surface area contributed by atoms with Crippen LogP contribution in [0.2, 0.25) is 0 Å². The third-order valence-corrected chi connectivity index (χ3v) is 3.37. The maximum Gasteiger partial charge on any atom is 0.175 e. The van der Waals surface area contributed by atoms with Gasteiger partial charge in [-0.2, -0.15) is 5.10 Å². The third kappa shape index (κ3) is 1.80. The summed E-state index contributed by atoms with van der Waals surface area (Å²) in [6.45, 7) is 0. The van der Waals surface area contributed by atoms with E-state index in [1.165, 1.54) is 18.0 Å². The lowest BCUT2D eigenvalue weighted by atomic mass is 10.1. The van der Waals surface area contributed by atoms with Crippen molar-refractivity contribution < 1.29 is 14.2 Å². The molecule has 96 valence electrons. The number of nitrogens with two attached hydrogens (primary N) is 1. The first-order valence-corrected chi connectivity index (χ1v) is 5.79. The van der Waals surface area contributed by atoms with Crippen LogP contribution in [0.1, 0.15) is 0 Å². The molecule has 0 fully saturated rings. The number of ether oxygens (including phenoxy) is 1. The summed E-state index contributed by atoms with van der Waals surface area (Å²) in [4.78, 5) is 0. The van der Waals surface area contributed by atoms with Crippen molar-refractivity contribution in [3.05, 3.63) is 22.6 Å². The van der Waals surface area contributed by atoms with E-state index >= 15 is 0 Å². The van der Waals surface area contributed by atoms with E-state index in [4.69, 9.17) is 10.5 Å². The van der Waals surface area contributed by atoms with Crippen molar-refractivity contribution in [2.75, 3.05) is 12.8 Å². The fraction of sp³-hybridized carbons (Fsp3) is 0.182. The molecule has 1 aromatic carbocycles. The second kappa shape index (κ2) is 4.49. The number of aryl methyl sites for hydroxylation is 1. The number of benzene rings is 1. The Hall–Kier alpha value is -1.76. The Labute approximate surface area is 111 Å². The van der Waals surface area contributed by atoms with Gasteiger partial charge in [-0.05, 0) is 15.9 Å². The number of methoxy groups -OCH3 is 1. The first-order valence-electron chi connectivity index (χ1n) is 5.00. The van der Waals surface area contributed by atoms with Crippen LogP contribution in [-0.4, -0.2) is 22.0 Å². The highest BCUT2D eigenvalue weighted by Gasteiger charge is 2.21. The van der Waals surface area contributed by atoms with Gasteiger partial charge in [0.05, 0.1) is 17.8 Å². The third-order valence-electron chi connectivity index (χ3n) is 2.61. The van der Waals surface area contributed by atoms with E-state index in [9.17, 15) is 9.50 Å². The summed E-state index contributed by atoms with van der Waals surface area (Å²) in [6, 6.07) is 0.978. The summed E-state index contributed by atoms with van der Waals surface area (Å²) in [6.07, 6.45) is 1.45. The van der Waals surface area contributed by atoms with E-state index in [2.05, 4.69) is 21.0 Å². The molecule has 0 saturated carbocycles. The number of phenols is 1. The molecule has 7 heteroatoms. The minimum atomic E-state index is -0.611. The predicted molar refractivity (Wildman–Crippen MR) is 68.9 cm³/mol. The maximum atomic E-state index is 14.0. The van der Waals surface area contributed by atoms with Crippen molar-refractivity contribution in [1.82, 2.24) is 9.78 Å². The topological polar surface area (TPSA) is 73.3 Å². The highest BCUT2D eigenvalue weighted by atomic mass is 79.9. The summed E-state index contributed by atoms with van der Waals surface area (Å²) in [5.41, 5.74) is 6.45. The second-order valence-corrected chi connectivity index (χ2v) is 4.46. The molecule has 0 spiro atoms. The van der Waals surface area contributed by atoms with Gasteiger partial charge >= 0.3 is 0 Å². The number of halogens is 2. The summed E-state index contributed by atoms with van der Waals surface area (Å²) >= 11 is 3.21. The van der Waals surface area contributed by atoms with Crippen LogP contribution in [0.3, 0.4) is 0 Å². The fourth-order valence-corrected chi connectivity index (χ4v) is 2.44. The highest BCUT2D eigenvalue weighted by molar-refractivity contribution is 9.10. The molecule has 0 bridgehead atoms. The molecule has 0 saturated heterocycles. The first-order chi connectivity index (χ1) is 8.47. The monoisotopic (exact) mass is 315 g/mol. The van der Waals surface area contributed by atoms with E-state index in [1.807, 2.05) is 0 Å². The lowest BCUT2D eigenvalue weighted by Gasteiger charge is -2.11. The summed E-state index contributed by atoms with van der Waals surface area (Å²) in [5, 5.41) is 13.5. The molecule has 0 unspecified atom stereocenters. The predicted octanol–water partition coefficient (Wildman–Crippen LogP) is 2.29. The molecule has 2 aromatic rings. The Morgan fingerprint density at radius 1 is 1.56 bits per heavy atom. The number of rotatable bonds is 2. The van der Waals surface area contributed by atoms with Crippen molar-refractivity contribution in [3.8, 4) is 22.6 Å². The Bertz CT molecular complexity index is 613. The molecule has 0 aliphatic carbocycles. The zero-order valence-electron chi connectivity index (χ0n) is 9.74. The fourth-order valence-electron chi connectivity index (χ4n) is 1.67. The molecular weight excluding hydrogens is 305 g/mol. The van der Waals surface area contributed by atoms with Crippen molar-refractivity contribution in [2.24, 2.45) is 7.05 Å². The summed E-state index contributed by atoms with van der Waals surface area (Å²) < 4.78 is 20.7. The Morgan fingerprint density at radius 2 is 2.22 bits per heavy atom. The molecule has 0 radical (unpaired) electrons. The number of aromatic nitrogens is 2. The number of hydrogen-bond acceptors (Lipinski definition) is 4. The smallest absolute Gasteiger partial charge is 0.175 e. The Morgan fingerprint density at radius 3 is 2.72 bits per heavy atom. The minimum Gasteiger partial charge on any atom is -0.504 e. The number of phenolic OH excluding ortho intramolecular Hbond substituents is 1. The molecule has 1 heterocycles. The van der Waals surface area contributed by atoms with Crippen LogP contribution >= 0.6 is 15.9 Å².